The molecule has 0 unspecified atom stereocenters. The van der Waals surface area contributed by atoms with Crippen molar-refractivity contribution in [1.82, 2.24) is 15.1 Å². The van der Waals surface area contributed by atoms with Crippen LogP contribution in [0.2, 0.25) is 0 Å². The zero-order chi connectivity index (χ0) is 11.3. The lowest BCUT2D eigenvalue weighted by Gasteiger charge is -2.03. The summed E-state index contributed by atoms with van der Waals surface area (Å²) in [5, 5.41) is 7.16. The smallest absolute Gasteiger partial charge is 0.215 e. The lowest BCUT2D eigenvalue weighted by Crippen LogP contribution is -2.17. The third kappa shape index (κ3) is 4.08. The molecule has 0 saturated carbocycles. The van der Waals surface area contributed by atoms with Crippen LogP contribution in [0.5, 0.6) is 0 Å². The molecular formula is C10H19ClFN3O. The highest BCUT2D eigenvalue weighted by Crippen LogP contribution is 2.10. The second-order valence-corrected chi connectivity index (χ2v) is 3.50. The number of nitrogens with zero attached hydrogens (tertiary/aromatic N) is 2. The van der Waals surface area contributed by atoms with Gasteiger partial charge < -0.3 is 10.1 Å². The van der Waals surface area contributed by atoms with E-state index in [4.69, 9.17) is 4.74 Å². The fourth-order valence-corrected chi connectivity index (χ4v) is 1.43. The Bertz CT molecular complexity index is 317. The van der Waals surface area contributed by atoms with E-state index < -0.39 is 0 Å². The molecule has 0 fully saturated rings. The molecule has 1 heterocycles. The minimum atomic E-state index is -0.258. The molecule has 0 radical (unpaired) electrons. The van der Waals surface area contributed by atoms with Crippen molar-refractivity contribution in [1.29, 1.82) is 0 Å². The van der Waals surface area contributed by atoms with Crippen LogP contribution in [0.25, 0.3) is 0 Å². The third-order valence-corrected chi connectivity index (χ3v) is 2.27. The van der Waals surface area contributed by atoms with E-state index in [0.29, 0.717) is 12.1 Å². The summed E-state index contributed by atoms with van der Waals surface area (Å²) in [7, 11) is 3.28. The minimum absolute atomic E-state index is 0. The van der Waals surface area contributed by atoms with E-state index in [2.05, 4.69) is 10.4 Å². The van der Waals surface area contributed by atoms with E-state index in [-0.39, 0.29) is 18.4 Å². The van der Waals surface area contributed by atoms with Crippen LogP contribution in [-0.2, 0) is 18.3 Å². The van der Waals surface area contributed by atoms with E-state index in [0.717, 1.165) is 25.3 Å². The number of ether oxygens (including phenoxy) is 1. The molecule has 1 rings (SSSR count). The molecule has 0 aliphatic carbocycles. The SMILES string of the molecule is COCCCNCc1c(C)nn(C)c1F.Cl. The van der Waals surface area contributed by atoms with E-state index >= 15 is 0 Å². The highest BCUT2D eigenvalue weighted by molar-refractivity contribution is 5.85. The number of halogens is 2. The van der Waals surface area contributed by atoms with Gasteiger partial charge in [-0.1, -0.05) is 0 Å². The van der Waals surface area contributed by atoms with Crippen LogP contribution in [0.1, 0.15) is 17.7 Å². The van der Waals surface area contributed by atoms with Gasteiger partial charge in [-0.15, -0.1) is 12.4 Å². The Morgan fingerprint density at radius 1 is 1.50 bits per heavy atom. The molecule has 0 bridgehead atoms. The molecule has 0 aliphatic rings. The average molecular weight is 252 g/mol. The van der Waals surface area contributed by atoms with Gasteiger partial charge in [-0.3, -0.25) is 0 Å². The Kier molecular flexibility index (Phi) is 7.29. The summed E-state index contributed by atoms with van der Waals surface area (Å²) in [5.41, 5.74) is 1.39. The van der Waals surface area contributed by atoms with E-state index in [1.807, 2.05) is 6.92 Å². The molecule has 4 nitrogen and oxygen atoms in total. The molecule has 6 heteroatoms. The third-order valence-electron chi connectivity index (χ3n) is 2.27. The van der Waals surface area contributed by atoms with E-state index in [9.17, 15) is 4.39 Å². The molecule has 1 aromatic heterocycles. The van der Waals surface area contributed by atoms with Crippen LogP contribution in [0.4, 0.5) is 4.39 Å². The maximum absolute atomic E-state index is 13.4. The van der Waals surface area contributed by atoms with Crippen molar-refractivity contribution in [3.05, 3.63) is 17.2 Å². The molecule has 0 saturated heterocycles. The first kappa shape index (κ1) is 15.3. The fourth-order valence-electron chi connectivity index (χ4n) is 1.43. The van der Waals surface area contributed by atoms with Crippen LogP contribution in [0.15, 0.2) is 0 Å². The second kappa shape index (κ2) is 7.60. The van der Waals surface area contributed by atoms with Crippen molar-refractivity contribution in [3.63, 3.8) is 0 Å². The first-order chi connectivity index (χ1) is 7.16. The van der Waals surface area contributed by atoms with Crippen LogP contribution in [-0.4, -0.2) is 30.0 Å². The molecule has 16 heavy (non-hydrogen) atoms. The number of aromatic nitrogens is 2. The van der Waals surface area contributed by atoms with Gasteiger partial charge in [0.2, 0.25) is 5.95 Å². The van der Waals surface area contributed by atoms with Gasteiger partial charge in [0.15, 0.2) is 0 Å². The van der Waals surface area contributed by atoms with Crippen molar-refractivity contribution in [2.45, 2.75) is 19.9 Å². The molecular weight excluding hydrogens is 233 g/mol. The summed E-state index contributed by atoms with van der Waals surface area (Å²) < 4.78 is 19.6. The van der Waals surface area contributed by atoms with Gasteiger partial charge in [0, 0.05) is 32.9 Å². The molecule has 0 aliphatic heterocycles. The number of rotatable bonds is 6. The van der Waals surface area contributed by atoms with Gasteiger partial charge in [0.1, 0.15) is 0 Å². The summed E-state index contributed by atoms with van der Waals surface area (Å²) in [6.45, 7) is 3.88. The minimum Gasteiger partial charge on any atom is -0.385 e. The predicted octanol–water partition coefficient (Wildman–Crippen LogP) is 1.42. The largest absolute Gasteiger partial charge is 0.385 e. The summed E-state index contributed by atoms with van der Waals surface area (Å²) in [6.07, 6.45) is 0.928. The Hall–Kier alpha value is -0.650. The van der Waals surface area contributed by atoms with Gasteiger partial charge in [-0.2, -0.15) is 9.49 Å². The number of nitrogens with one attached hydrogen (secondary N) is 1. The van der Waals surface area contributed by atoms with E-state index in [1.165, 1.54) is 4.68 Å². The highest BCUT2D eigenvalue weighted by atomic mass is 35.5. The number of hydrogen-bond acceptors (Lipinski definition) is 3. The summed E-state index contributed by atoms with van der Waals surface area (Å²) in [6, 6.07) is 0. The predicted molar refractivity (Wildman–Crippen MR) is 63.4 cm³/mol. The fraction of sp³-hybridized carbons (Fsp3) is 0.700. The maximum Gasteiger partial charge on any atom is 0.215 e. The van der Waals surface area contributed by atoms with Crippen LogP contribution in [0.3, 0.4) is 0 Å². The van der Waals surface area contributed by atoms with Gasteiger partial charge in [-0.05, 0) is 19.9 Å². The quantitative estimate of drug-likeness (QED) is 0.778. The Balaban J connectivity index is 0.00000225. The number of hydrogen-bond donors (Lipinski definition) is 1. The zero-order valence-electron chi connectivity index (χ0n) is 9.92. The first-order valence-corrected chi connectivity index (χ1v) is 5.04. The Morgan fingerprint density at radius 2 is 2.19 bits per heavy atom. The molecule has 0 aromatic carbocycles. The van der Waals surface area contributed by atoms with Crippen molar-refractivity contribution < 1.29 is 9.13 Å². The summed E-state index contributed by atoms with van der Waals surface area (Å²) in [4.78, 5) is 0. The molecule has 0 atom stereocenters. The summed E-state index contributed by atoms with van der Waals surface area (Å²) in [5.74, 6) is -0.258. The van der Waals surface area contributed by atoms with Gasteiger partial charge >= 0.3 is 0 Å². The van der Waals surface area contributed by atoms with E-state index in [1.54, 1.807) is 14.2 Å². The Morgan fingerprint density at radius 3 is 2.69 bits per heavy atom. The molecule has 1 aromatic rings. The van der Waals surface area contributed by atoms with Crippen LogP contribution in [0, 0.1) is 12.9 Å². The van der Waals surface area contributed by atoms with Gasteiger partial charge in [0.05, 0.1) is 5.69 Å². The molecule has 94 valence electrons. The van der Waals surface area contributed by atoms with Gasteiger partial charge in [0.25, 0.3) is 0 Å². The lowest BCUT2D eigenvalue weighted by molar-refractivity contribution is 0.194. The summed E-state index contributed by atoms with van der Waals surface area (Å²) >= 11 is 0. The average Bonchev–Trinajstić information content (AvgIpc) is 2.44. The number of aryl methyl sites for hydroxylation is 2. The van der Waals surface area contributed by atoms with Crippen molar-refractivity contribution in [2.75, 3.05) is 20.3 Å². The monoisotopic (exact) mass is 251 g/mol. The normalized spacial score (nSPS) is 10.2. The second-order valence-electron chi connectivity index (χ2n) is 3.50. The van der Waals surface area contributed by atoms with Crippen LogP contribution < -0.4 is 5.32 Å². The zero-order valence-corrected chi connectivity index (χ0v) is 10.7. The van der Waals surface area contributed by atoms with Crippen molar-refractivity contribution >= 4 is 12.4 Å². The molecule has 0 amide bonds. The van der Waals surface area contributed by atoms with Crippen LogP contribution >= 0.6 is 12.4 Å². The molecule has 0 spiro atoms. The van der Waals surface area contributed by atoms with Crippen molar-refractivity contribution in [3.8, 4) is 0 Å². The first-order valence-electron chi connectivity index (χ1n) is 5.04. The standard InChI is InChI=1S/C10H18FN3O.ClH/c1-8-9(10(11)14(2)13-8)7-12-5-4-6-15-3;/h12H,4-7H2,1-3H3;1H. The van der Waals surface area contributed by atoms with Gasteiger partial charge in [-0.25, -0.2) is 4.68 Å². The highest BCUT2D eigenvalue weighted by Gasteiger charge is 2.11. The van der Waals surface area contributed by atoms with Crippen molar-refractivity contribution in [2.24, 2.45) is 7.05 Å². The topological polar surface area (TPSA) is 39.1 Å². The Labute approximate surface area is 102 Å². The lowest BCUT2D eigenvalue weighted by atomic mass is 10.2. The molecule has 1 N–H and O–H groups in total. The number of methoxy groups -OCH3 is 1. The maximum atomic E-state index is 13.4.